The average Bonchev–Trinajstić information content (AvgIpc) is 2.94. The molecule has 3 nitrogen and oxygen atoms in total. The summed E-state index contributed by atoms with van der Waals surface area (Å²) in [5.74, 6) is -1.05. The molecule has 0 heterocycles. The van der Waals surface area contributed by atoms with Gasteiger partial charge in [0.2, 0.25) is 0 Å². The molecule has 0 amide bonds. The fourth-order valence-electron chi connectivity index (χ4n) is 5.72. The molecule has 0 aliphatic heterocycles. The van der Waals surface area contributed by atoms with Gasteiger partial charge in [0.05, 0.1) is 5.92 Å². The minimum absolute atomic E-state index is 0.376. The van der Waals surface area contributed by atoms with Crippen LogP contribution in [0.4, 0.5) is 5.69 Å². The van der Waals surface area contributed by atoms with Gasteiger partial charge in [0.1, 0.15) is 0 Å². The minimum atomic E-state index is -0.675. The summed E-state index contributed by atoms with van der Waals surface area (Å²) in [6.45, 7) is 9.03. The first kappa shape index (κ1) is 35.5. The molecule has 226 valence electrons. The standard InChI is InChI=1S/C36H65NO2/c1-4-7-10-13-16-18-21-24-31-37(32-25-22-19-17-14-11-8-5-2)34-29-27-33(28-30-34)35(36(38)39)26-23-20-15-12-9-6-3/h27-30,35H,4-26,31-32H2,1-3H3,(H,38,39). The number of carbonyl (C=O) groups is 1. The first-order valence-electron chi connectivity index (χ1n) is 17.2. The third kappa shape index (κ3) is 18.5. The topological polar surface area (TPSA) is 40.5 Å². The van der Waals surface area contributed by atoms with Crippen LogP contribution in [0.5, 0.6) is 0 Å². The predicted octanol–water partition coefficient (Wildman–Crippen LogP) is 11.7. The van der Waals surface area contributed by atoms with E-state index >= 15 is 0 Å². The van der Waals surface area contributed by atoms with Crippen molar-refractivity contribution >= 4 is 11.7 Å². The van der Waals surface area contributed by atoms with E-state index in [1.807, 2.05) is 0 Å². The van der Waals surface area contributed by atoms with Gasteiger partial charge < -0.3 is 10.0 Å². The Kier molecular flexibility index (Phi) is 23.2. The van der Waals surface area contributed by atoms with Crippen LogP contribution in [0.15, 0.2) is 24.3 Å². The first-order chi connectivity index (χ1) is 19.1. The quantitative estimate of drug-likeness (QED) is 0.107. The molecule has 1 aromatic carbocycles. The van der Waals surface area contributed by atoms with Crippen molar-refractivity contribution in [2.24, 2.45) is 0 Å². The average molecular weight is 544 g/mol. The molecule has 1 atom stereocenters. The van der Waals surface area contributed by atoms with Gasteiger partial charge in [-0.3, -0.25) is 4.79 Å². The lowest BCUT2D eigenvalue weighted by Gasteiger charge is -2.26. The van der Waals surface area contributed by atoms with Crippen molar-refractivity contribution in [2.75, 3.05) is 18.0 Å². The zero-order valence-corrected chi connectivity index (χ0v) is 26.4. The molecule has 0 saturated carbocycles. The molecular formula is C36H65NO2. The van der Waals surface area contributed by atoms with E-state index in [-0.39, 0.29) is 5.92 Å². The van der Waals surface area contributed by atoms with Crippen molar-refractivity contribution in [3.8, 4) is 0 Å². The SMILES string of the molecule is CCCCCCCCCCN(CCCCCCCCCC)c1ccc(C(CCCCCCCC)C(=O)O)cc1. The van der Waals surface area contributed by atoms with Crippen LogP contribution in [0, 0.1) is 0 Å². The van der Waals surface area contributed by atoms with Crippen molar-refractivity contribution in [2.45, 2.75) is 174 Å². The normalized spacial score (nSPS) is 12.1. The zero-order chi connectivity index (χ0) is 28.4. The second kappa shape index (κ2) is 25.5. The fraction of sp³-hybridized carbons (Fsp3) is 0.806. The maximum Gasteiger partial charge on any atom is 0.310 e. The number of rotatable bonds is 28. The molecule has 0 aliphatic rings. The van der Waals surface area contributed by atoms with Crippen molar-refractivity contribution in [1.82, 2.24) is 0 Å². The molecule has 3 heteroatoms. The maximum atomic E-state index is 12.0. The molecule has 0 aliphatic carbocycles. The Labute approximate surface area is 243 Å². The van der Waals surface area contributed by atoms with Gasteiger partial charge in [-0.15, -0.1) is 0 Å². The Bertz CT molecular complexity index is 651. The summed E-state index contributed by atoms with van der Waals surface area (Å²) in [4.78, 5) is 14.6. The van der Waals surface area contributed by atoms with Gasteiger partial charge in [0, 0.05) is 18.8 Å². The van der Waals surface area contributed by atoms with Crippen LogP contribution in [-0.2, 0) is 4.79 Å². The molecule has 0 fully saturated rings. The van der Waals surface area contributed by atoms with Gasteiger partial charge >= 0.3 is 5.97 Å². The Hall–Kier alpha value is -1.51. The second-order valence-electron chi connectivity index (χ2n) is 12.0. The lowest BCUT2D eigenvalue weighted by molar-refractivity contribution is -0.139. The molecule has 39 heavy (non-hydrogen) atoms. The number of hydrogen-bond donors (Lipinski definition) is 1. The van der Waals surface area contributed by atoms with Gasteiger partial charge in [-0.05, 0) is 37.0 Å². The molecule has 0 radical (unpaired) electrons. The molecule has 0 aromatic heterocycles. The molecule has 1 unspecified atom stereocenters. The summed E-state index contributed by atoms with van der Waals surface area (Å²) >= 11 is 0. The molecular weight excluding hydrogens is 478 g/mol. The lowest BCUT2D eigenvalue weighted by Crippen LogP contribution is -2.25. The van der Waals surface area contributed by atoms with Gasteiger partial charge in [-0.25, -0.2) is 0 Å². The highest BCUT2D eigenvalue weighted by atomic mass is 16.4. The maximum absolute atomic E-state index is 12.0. The smallest absolute Gasteiger partial charge is 0.310 e. The van der Waals surface area contributed by atoms with E-state index in [1.165, 1.54) is 134 Å². The summed E-state index contributed by atoms with van der Waals surface area (Å²) in [7, 11) is 0. The number of nitrogens with zero attached hydrogens (tertiary/aromatic N) is 1. The zero-order valence-electron chi connectivity index (χ0n) is 26.4. The largest absolute Gasteiger partial charge is 0.481 e. The molecule has 1 aromatic rings. The van der Waals surface area contributed by atoms with Gasteiger partial charge in [0.15, 0.2) is 0 Å². The van der Waals surface area contributed by atoms with E-state index < -0.39 is 5.97 Å². The van der Waals surface area contributed by atoms with Crippen LogP contribution >= 0.6 is 0 Å². The molecule has 0 spiro atoms. The van der Waals surface area contributed by atoms with E-state index in [1.54, 1.807) is 0 Å². The van der Waals surface area contributed by atoms with E-state index in [9.17, 15) is 9.90 Å². The van der Waals surface area contributed by atoms with Gasteiger partial charge in [-0.2, -0.15) is 0 Å². The van der Waals surface area contributed by atoms with Gasteiger partial charge in [0.25, 0.3) is 0 Å². The highest BCUT2D eigenvalue weighted by molar-refractivity contribution is 5.76. The summed E-state index contributed by atoms with van der Waals surface area (Å²) in [6.07, 6.45) is 29.5. The van der Waals surface area contributed by atoms with Crippen LogP contribution in [-0.4, -0.2) is 24.2 Å². The van der Waals surface area contributed by atoms with E-state index in [0.29, 0.717) is 0 Å². The van der Waals surface area contributed by atoms with E-state index in [2.05, 4.69) is 49.9 Å². The number of anilines is 1. The lowest BCUT2D eigenvalue weighted by atomic mass is 9.92. The van der Waals surface area contributed by atoms with Crippen molar-refractivity contribution < 1.29 is 9.90 Å². The molecule has 0 saturated heterocycles. The number of carboxylic acids is 1. The fourth-order valence-corrected chi connectivity index (χ4v) is 5.72. The van der Waals surface area contributed by atoms with Crippen molar-refractivity contribution in [3.05, 3.63) is 29.8 Å². The van der Waals surface area contributed by atoms with Crippen LogP contribution in [0.1, 0.15) is 180 Å². The van der Waals surface area contributed by atoms with Crippen LogP contribution in [0.25, 0.3) is 0 Å². The van der Waals surface area contributed by atoms with Crippen LogP contribution in [0.3, 0.4) is 0 Å². The monoisotopic (exact) mass is 544 g/mol. The Morgan fingerprint density at radius 3 is 1.31 bits per heavy atom. The summed E-state index contributed by atoms with van der Waals surface area (Å²) in [5.41, 5.74) is 2.24. The van der Waals surface area contributed by atoms with Crippen molar-refractivity contribution in [1.29, 1.82) is 0 Å². The number of aliphatic carboxylic acids is 1. The summed E-state index contributed by atoms with van der Waals surface area (Å²) < 4.78 is 0. The Morgan fingerprint density at radius 1 is 0.564 bits per heavy atom. The Balaban J connectivity index is 2.60. The predicted molar refractivity (Wildman–Crippen MR) is 172 cm³/mol. The number of carboxylic acid groups (broad SMARTS) is 1. The summed E-state index contributed by atoms with van der Waals surface area (Å²) in [5, 5.41) is 9.90. The number of hydrogen-bond acceptors (Lipinski definition) is 2. The molecule has 1 N–H and O–H groups in total. The number of benzene rings is 1. The third-order valence-electron chi connectivity index (χ3n) is 8.37. The van der Waals surface area contributed by atoms with Crippen LogP contribution < -0.4 is 4.90 Å². The second-order valence-corrected chi connectivity index (χ2v) is 12.0. The van der Waals surface area contributed by atoms with E-state index in [4.69, 9.17) is 0 Å². The highest BCUT2D eigenvalue weighted by Crippen LogP contribution is 2.27. The molecule has 1 rings (SSSR count). The van der Waals surface area contributed by atoms with E-state index in [0.717, 1.165) is 37.9 Å². The Morgan fingerprint density at radius 2 is 0.923 bits per heavy atom. The first-order valence-corrected chi connectivity index (χ1v) is 17.2. The summed E-state index contributed by atoms with van der Waals surface area (Å²) in [6, 6.07) is 8.59. The minimum Gasteiger partial charge on any atom is -0.481 e. The molecule has 0 bridgehead atoms. The van der Waals surface area contributed by atoms with Crippen LogP contribution in [0.2, 0.25) is 0 Å². The third-order valence-corrected chi connectivity index (χ3v) is 8.37. The highest BCUT2D eigenvalue weighted by Gasteiger charge is 2.19. The van der Waals surface area contributed by atoms with Gasteiger partial charge in [-0.1, -0.05) is 161 Å². The van der Waals surface area contributed by atoms with Crippen molar-refractivity contribution in [3.63, 3.8) is 0 Å². The number of unbranched alkanes of at least 4 members (excludes halogenated alkanes) is 19.